The number of pyridine rings is 1. The van der Waals surface area contributed by atoms with Crippen molar-refractivity contribution < 1.29 is 0 Å². The first-order valence-electron chi connectivity index (χ1n) is 4.39. The van der Waals surface area contributed by atoms with Crippen molar-refractivity contribution in [2.75, 3.05) is 11.1 Å². The summed E-state index contributed by atoms with van der Waals surface area (Å²) in [7, 11) is 0. The van der Waals surface area contributed by atoms with E-state index in [0.29, 0.717) is 23.1 Å². The number of aromatic amines is 1. The molecule has 0 aromatic carbocycles. The molecule has 6 heteroatoms. The summed E-state index contributed by atoms with van der Waals surface area (Å²) in [6.07, 6.45) is 3.25. The molecule has 0 aliphatic carbocycles. The predicted octanol–water partition coefficient (Wildman–Crippen LogP) is 1.65. The first kappa shape index (κ1) is 9.79. The van der Waals surface area contributed by atoms with Crippen LogP contribution in [0, 0.1) is 0 Å². The van der Waals surface area contributed by atoms with Gasteiger partial charge >= 0.3 is 0 Å². The third-order valence-corrected chi connectivity index (χ3v) is 2.16. The van der Waals surface area contributed by atoms with Crippen molar-refractivity contribution in [2.24, 2.45) is 0 Å². The highest BCUT2D eigenvalue weighted by atomic mass is 35.5. The van der Waals surface area contributed by atoms with Crippen molar-refractivity contribution in [2.45, 2.75) is 6.54 Å². The number of nitrogen functional groups attached to an aromatic ring is 1. The van der Waals surface area contributed by atoms with Gasteiger partial charge in [-0.1, -0.05) is 11.6 Å². The maximum Gasteiger partial charge on any atom is 0.145 e. The molecule has 15 heavy (non-hydrogen) atoms. The lowest BCUT2D eigenvalue weighted by Gasteiger charge is -2.06. The molecule has 2 rings (SSSR count). The van der Waals surface area contributed by atoms with Crippen LogP contribution in [0.1, 0.15) is 5.69 Å². The molecular formula is C9H10ClN5. The minimum Gasteiger partial charge on any atom is -0.397 e. The minimum atomic E-state index is 0.509. The standard InChI is InChI=1S/C9H10ClN5/c10-8-3-6(11)4-12-9(8)13-5-7-1-2-14-15-7/h1-4H,5,11H2,(H,12,13)(H,14,15). The topological polar surface area (TPSA) is 79.6 Å². The summed E-state index contributed by atoms with van der Waals surface area (Å²) < 4.78 is 0. The van der Waals surface area contributed by atoms with Crippen molar-refractivity contribution in [1.29, 1.82) is 0 Å². The molecule has 2 aromatic heterocycles. The Morgan fingerprint density at radius 3 is 3.07 bits per heavy atom. The molecule has 0 saturated heterocycles. The fourth-order valence-corrected chi connectivity index (χ4v) is 1.39. The first-order valence-corrected chi connectivity index (χ1v) is 4.76. The molecule has 0 saturated carbocycles. The molecule has 0 amide bonds. The van der Waals surface area contributed by atoms with E-state index >= 15 is 0 Å². The predicted molar refractivity (Wildman–Crippen MR) is 59.6 cm³/mol. The Kier molecular flexibility index (Phi) is 2.73. The fourth-order valence-electron chi connectivity index (χ4n) is 1.14. The van der Waals surface area contributed by atoms with Crippen molar-refractivity contribution in [1.82, 2.24) is 15.2 Å². The Bertz CT molecular complexity index is 440. The molecule has 0 radical (unpaired) electrons. The van der Waals surface area contributed by atoms with Gasteiger partial charge in [0, 0.05) is 6.20 Å². The van der Waals surface area contributed by atoms with Crippen molar-refractivity contribution >= 4 is 23.1 Å². The number of nitrogens with two attached hydrogens (primary N) is 1. The Morgan fingerprint density at radius 2 is 2.40 bits per heavy atom. The second-order valence-corrected chi connectivity index (χ2v) is 3.44. The van der Waals surface area contributed by atoms with Crippen LogP contribution in [0.5, 0.6) is 0 Å². The maximum absolute atomic E-state index is 5.94. The van der Waals surface area contributed by atoms with Gasteiger partial charge in [-0.25, -0.2) is 4.98 Å². The van der Waals surface area contributed by atoms with Gasteiger partial charge in [0.25, 0.3) is 0 Å². The quantitative estimate of drug-likeness (QED) is 0.739. The Balaban J connectivity index is 2.05. The van der Waals surface area contributed by atoms with E-state index in [9.17, 15) is 0 Å². The number of nitrogens with one attached hydrogen (secondary N) is 2. The van der Waals surface area contributed by atoms with E-state index in [1.165, 1.54) is 0 Å². The zero-order valence-electron chi connectivity index (χ0n) is 7.87. The summed E-state index contributed by atoms with van der Waals surface area (Å²) in [6, 6.07) is 3.53. The highest BCUT2D eigenvalue weighted by molar-refractivity contribution is 6.33. The van der Waals surface area contributed by atoms with Crippen LogP contribution in [0.3, 0.4) is 0 Å². The number of nitrogens with zero attached hydrogens (tertiary/aromatic N) is 2. The molecule has 0 atom stereocenters. The van der Waals surface area contributed by atoms with Crippen molar-refractivity contribution in [3.05, 3.63) is 35.2 Å². The van der Waals surface area contributed by atoms with Gasteiger partial charge in [-0.2, -0.15) is 5.10 Å². The van der Waals surface area contributed by atoms with Gasteiger partial charge in [-0.15, -0.1) is 0 Å². The average molecular weight is 224 g/mol. The summed E-state index contributed by atoms with van der Waals surface area (Å²) in [4.78, 5) is 4.07. The number of hydrogen-bond donors (Lipinski definition) is 3. The van der Waals surface area contributed by atoms with Gasteiger partial charge < -0.3 is 11.1 Å². The van der Waals surface area contributed by atoms with E-state index in [-0.39, 0.29) is 0 Å². The molecule has 0 fully saturated rings. The number of rotatable bonds is 3. The number of halogens is 1. The molecule has 0 unspecified atom stereocenters. The van der Waals surface area contributed by atoms with Gasteiger partial charge in [-0.3, -0.25) is 5.10 Å². The highest BCUT2D eigenvalue weighted by Crippen LogP contribution is 2.21. The monoisotopic (exact) mass is 223 g/mol. The summed E-state index contributed by atoms with van der Waals surface area (Å²) in [5.41, 5.74) is 7.04. The van der Waals surface area contributed by atoms with Crippen LogP contribution in [0.25, 0.3) is 0 Å². The number of aromatic nitrogens is 3. The largest absolute Gasteiger partial charge is 0.397 e. The smallest absolute Gasteiger partial charge is 0.145 e. The van der Waals surface area contributed by atoms with Crippen molar-refractivity contribution in [3.63, 3.8) is 0 Å². The third-order valence-electron chi connectivity index (χ3n) is 1.87. The second-order valence-electron chi connectivity index (χ2n) is 3.03. The first-order chi connectivity index (χ1) is 7.25. The normalized spacial score (nSPS) is 10.2. The highest BCUT2D eigenvalue weighted by Gasteiger charge is 2.02. The van der Waals surface area contributed by atoms with Gasteiger partial charge in [0.05, 0.1) is 29.1 Å². The molecule has 2 heterocycles. The zero-order chi connectivity index (χ0) is 10.7. The number of anilines is 2. The maximum atomic E-state index is 5.94. The van der Waals surface area contributed by atoms with Crippen LogP contribution < -0.4 is 11.1 Å². The molecule has 0 bridgehead atoms. The van der Waals surface area contributed by atoms with Crippen LogP contribution >= 0.6 is 11.6 Å². The molecule has 2 aromatic rings. The summed E-state index contributed by atoms with van der Waals surface area (Å²) >= 11 is 5.94. The van der Waals surface area contributed by atoms with Gasteiger partial charge in [0.2, 0.25) is 0 Å². The third kappa shape index (κ3) is 2.38. The van der Waals surface area contributed by atoms with Crippen LogP contribution in [-0.2, 0) is 6.54 Å². The lowest BCUT2D eigenvalue weighted by atomic mass is 10.4. The zero-order valence-corrected chi connectivity index (χ0v) is 8.62. The Labute approximate surface area is 91.7 Å². The molecule has 78 valence electrons. The molecule has 0 aliphatic rings. The van der Waals surface area contributed by atoms with Crippen LogP contribution in [-0.4, -0.2) is 15.2 Å². The van der Waals surface area contributed by atoms with Crippen molar-refractivity contribution in [3.8, 4) is 0 Å². The van der Waals surface area contributed by atoms with Crippen LogP contribution in [0.2, 0.25) is 5.02 Å². The molecule has 0 spiro atoms. The van der Waals surface area contributed by atoms with E-state index in [1.807, 2.05) is 6.07 Å². The molecular weight excluding hydrogens is 214 g/mol. The Hall–Kier alpha value is -1.75. The number of H-pyrrole nitrogens is 1. The summed E-state index contributed by atoms with van der Waals surface area (Å²) in [5, 5.41) is 10.2. The van der Waals surface area contributed by atoms with Crippen LogP contribution in [0.15, 0.2) is 24.5 Å². The van der Waals surface area contributed by atoms with E-state index in [0.717, 1.165) is 5.69 Å². The lowest BCUT2D eigenvalue weighted by Crippen LogP contribution is -2.02. The van der Waals surface area contributed by atoms with Crippen LogP contribution in [0.4, 0.5) is 11.5 Å². The molecule has 4 N–H and O–H groups in total. The SMILES string of the molecule is Nc1cnc(NCc2ccn[nH]2)c(Cl)c1. The van der Waals surface area contributed by atoms with Gasteiger partial charge in [0.1, 0.15) is 5.82 Å². The van der Waals surface area contributed by atoms with Gasteiger partial charge in [0.15, 0.2) is 0 Å². The summed E-state index contributed by atoms with van der Waals surface area (Å²) in [5.74, 6) is 0.612. The van der Waals surface area contributed by atoms with E-state index < -0.39 is 0 Å². The Morgan fingerprint density at radius 1 is 1.53 bits per heavy atom. The van der Waals surface area contributed by atoms with E-state index in [1.54, 1.807) is 18.5 Å². The van der Waals surface area contributed by atoms with E-state index in [4.69, 9.17) is 17.3 Å². The minimum absolute atomic E-state index is 0.509. The average Bonchev–Trinajstić information content (AvgIpc) is 2.69. The number of hydrogen-bond acceptors (Lipinski definition) is 4. The second kappa shape index (κ2) is 4.18. The summed E-state index contributed by atoms with van der Waals surface area (Å²) in [6.45, 7) is 0.594. The lowest BCUT2D eigenvalue weighted by molar-refractivity contribution is 0.975. The van der Waals surface area contributed by atoms with E-state index in [2.05, 4.69) is 20.5 Å². The van der Waals surface area contributed by atoms with Gasteiger partial charge in [-0.05, 0) is 12.1 Å². The molecule has 5 nitrogen and oxygen atoms in total. The molecule has 0 aliphatic heterocycles. The fraction of sp³-hybridized carbons (Fsp3) is 0.111.